The highest BCUT2D eigenvalue weighted by atomic mass is 32.2. The van der Waals surface area contributed by atoms with Crippen LogP contribution in [0.15, 0.2) is 30.5 Å². The van der Waals surface area contributed by atoms with Crippen LogP contribution in [0.1, 0.15) is 0 Å². The summed E-state index contributed by atoms with van der Waals surface area (Å²) < 4.78 is 3.75. The number of fused-ring (bicyclic) bond motifs is 1. The van der Waals surface area contributed by atoms with Crippen LogP contribution in [0.2, 0.25) is 0 Å². The van der Waals surface area contributed by atoms with Crippen LogP contribution in [0, 0.1) is 0 Å². The highest BCUT2D eigenvalue weighted by Crippen LogP contribution is 2.13. The Morgan fingerprint density at radius 2 is 2.18 bits per heavy atom. The van der Waals surface area contributed by atoms with E-state index in [0.717, 1.165) is 10.9 Å². The van der Waals surface area contributed by atoms with Crippen LogP contribution in [-0.2, 0) is 11.3 Å². The van der Waals surface area contributed by atoms with E-state index in [-0.39, 0.29) is 11.7 Å². The lowest BCUT2D eigenvalue weighted by molar-refractivity contribution is -0.111. The summed E-state index contributed by atoms with van der Waals surface area (Å²) in [5, 5.41) is 4.83. The molecule has 0 unspecified atom stereocenters. The third kappa shape index (κ3) is 2.76. The number of hydrogen-bond acceptors (Lipinski definition) is 4. The van der Waals surface area contributed by atoms with Crippen molar-refractivity contribution in [3.63, 3.8) is 0 Å². The highest BCUT2D eigenvalue weighted by Gasteiger charge is 2.08. The van der Waals surface area contributed by atoms with E-state index in [1.54, 1.807) is 10.9 Å². The number of urea groups is 1. The fourth-order valence-electron chi connectivity index (χ4n) is 1.41. The van der Waals surface area contributed by atoms with Gasteiger partial charge in [-0.2, -0.15) is 5.10 Å². The Balaban J connectivity index is 2.08. The normalized spacial score (nSPS) is 10.4. The summed E-state index contributed by atoms with van der Waals surface area (Å²) >= 11 is 0.667. The number of carbonyl (C=O) groups is 2. The number of hydrogen-bond donors (Lipinski definition) is 2. The van der Waals surface area contributed by atoms with Crippen molar-refractivity contribution in [2.75, 3.05) is 0 Å². The first kappa shape index (κ1) is 11.5. The average Bonchev–Trinajstić information content (AvgIpc) is 2.70. The number of para-hydroxylation sites is 1. The molecule has 1 aromatic carbocycles. The Hall–Kier alpha value is -2.02. The predicted molar refractivity (Wildman–Crippen MR) is 65.1 cm³/mol. The summed E-state index contributed by atoms with van der Waals surface area (Å²) in [6.45, 7) is 0.0818. The van der Waals surface area contributed by atoms with Crippen molar-refractivity contribution < 1.29 is 9.59 Å². The molecule has 88 valence electrons. The van der Waals surface area contributed by atoms with Crippen LogP contribution in [-0.4, -0.2) is 20.9 Å². The number of nitrogens with one attached hydrogen (secondary N) is 1. The first-order chi connectivity index (χ1) is 8.16. The highest BCUT2D eigenvalue weighted by molar-refractivity contribution is 8.12. The average molecular weight is 250 g/mol. The molecule has 0 spiro atoms. The van der Waals surface area contributed by atoms with Gasteiger partial charge in [0.25, 0.3) is 0 Å². The van der Waals surface area contributed by atoms with Crippen LogP contribution in [0.4, 0.5) is 4.79 Å². The summed E-state index contributed by atoms with van der Waals surface area (Å²) in [6.07, 6.45) is 1.69. The van der Waals surface area contributed by atoms with Crippen molar-refractivity contribution in [2.45, 2.75) is 6.54 Å². The van der Waals surface area contributed by atoms with E-state index in [1.165, 1.54) is 0 Å². The van der Waals surface area contributed by atoms with Gasteiger partial charge in [-0.05, 0) is 6.07 Å². The Morgan fingerprint density at radius 3 is 2.94 bits per heavy atom. The molecule has 1 heterocycles. The molecule has 0 radical (unpaired) electrons. The van der Waals surface area contributed by atoms with Gasteiger partial charge < -0.3 is 5.73 Å². The van der Waals surface area contributed by atoms with Gasteiger partial charge in [0.15, 0.2) is 0 Å². The van der Waals surface area contributed by atoms with Gasteiger partial charge in [0, 0.05) is 17.3 Å². The minimum atomic E-state index is -0.742. The number of amides is 2. The van der Waals surface area contributed by atoms with Crippen molar-refractivity contribution in [1.82, 2.24) is 14.5 Å². The smallest absolute Gasteiger partial charge is 0.322 e. The van der Waals surface area contributed by atoms with Crippen LogP contribution in [0.25, 0.3) is 10.9 Å². The second-order valence-corrected chi connectivity index (χ2v) is 4.17. The van der Waals surface area contributed by atoms with Crippen molar-refractivity contribution in [1.29, 1.82) is 0 Å². The van der Waals surface area contributed by atoms with E-state index in [1.807, 2.05) is 24.3 Å². The molecule has 7 heteroatoms. The molecule has 2 rings (SSSR count). The molecule has 2 aromatic rings. The molecular formula is C10H10N4O2S. The zero-order valence-electron chi connectivity index (χ0n) is 8.79. The van der Waals surface area contributed by atoms with Crippen molar-refractivity contribution in [2.24, 2.45) is 5.73 Å². The van der Waals surface area contributed by atoms with Crippen LogP contribution < -0.4 is 10.5 Å². The molecule has 0 aliphatic rings. The maximum Gasteiger partial charge on any atom is 0.322 e. The van der Waals surface area contributed by atoms with Crippen LogP contribution in [0.5, 0.6) is 0 Å². The number of rotatable bonds is 2. The minimum absolute atomic E-state index is 0.0818. The first-order valence-corrected chi connectivity index (χ1v) is 5.64. The largest absolute Gasteiger partial charge is 0.351 e. The van der Waals surface area contributed by atoms with E-state index < -0.39 is 6.03 Å². The number of carbonyl (C=O) groups excluding carboxylic acids is 2. The minimum Gasteiger partial charge on any atom is -0.351 e. The molecule has 0 fully saturated rings. The summed E-state index contributed by atoms with van der Waals surface area (Å²) in [4.78, 5) is 21.9. The maximum absolute atomic E-state index is 11.5. The van der Waals surface area contributed by atoms with Crippen molar-refractivity contribution >= 4 is 34.0 Å². The van der Waals surface area contributed by atoms with Crippen molar-refractivity contribution in [3.05, 3.63) is 30.5 Å². The summed E-state index contributed by atoms with van der Waals surface area (Å²) in [7, 11) is 0. The fourth-order valence-corrected chi connectivity index (χ4v) is 1.81. The summed E-state index contributed by atoms with van der Waals surface area (Å²) in [5.74, 6) is 0. The zero-order valence-corrected chi connectivity index (χ0v) is 9.61. The van der Waals surface area contributed by atoms with Gasteiger partial charge in [0.1, 0.15) is 6.54 Å². The Morgan fingerprint density at radius 1 is 1.41 bits per heavy atom. The lowest BCUT2D eigenvalue weighted by Gasteiger charge is -2.02. The second kappa shape index (κ2) is 4.88. The molecular weight excluding hydrogens is 240 g/mol. The zero-order chi connectivity index (χ0) is 12.3. The Bertz CT molecular complexity index is 566. The number of benzene rings is 1. The molecule has 0 aliphatic heterocycles. The van der Waals surface area contributed by atoms with Gasteiger partial charge in [-0.25, -0.2) is 4.79 Å². The third-order valence-corrected chi connectivity index (χ3v) is 2.76. The molecule has 0 saturated carbocycles. The molecule has 0 atom stereocenters. The van der Waals surface area contributed by atoms with Gasteiger partial charge in [0.2, 0.25) is 5.12 Å². The second-order valence-electron chi connectivity index (χ2n) is 3.30. The molecule has 2 amide bonds. The van der Waals surface area contributed by atoms with Crippen LogP contribution in [0.3, 0.4) is 0 Å². The lowest BCUT2D eigenvalue weighted by Crippen LogP contribution is -2.25. The van der Waals surface area contributed by atoms with Gasteiger partial charge >= 0.3 is 6.03 Å². The number of nitrogens with zero attached hydrogens (tertiary/aromatic N) is 2. The van der Waals surface area contributed by atoms with E-state index in [9.17, 15) is 9.59 Å². The fraction of sp³-hybridized carbons (Fsp3) is 0.100. The van der Waals surface area contributed by atoms with Gasteiger partial charge in [-0.15, -0.1) is 0 Å². The number of nitrogens with two attached hydrogens (primary N) is 1. The molecule has 3 N–H and O–H groups in total. The molecule has 0 aliphatic carbocycles. The molecule has 1 aromatic heterocycles. The van der Waals surface area contributed by atoms with E-state index in [4.69, 9.17) is 5.73 Å². The first-order valence-electron chi connectivity index (χ1n) is 4.82. The monoisotopic (exact) mass is 250 g/mol. The van der Waals surface area contributed by atoms with E-state index >= 15 is 0 Å². The summed E-state index contributed by atoms with van der Waals surface area (Å²) in [5.41, 5.74) is 5.73. The Labute approximate surface area is 101 Å². The quantitative estimate of drug-likeness (QED) is 0.774. The molecule has 6 nitrogen and oxygen atoms in total. The van der Waals surface area contributed by atoms with E-state index in [2.05, 4.69) is 9.82 Å². The van der Waals surface area contributed by atoms with E-state index in [0.29, 0.717) is 11.9 Å². The number of primary amides is 1. The Kier molecular flexibility index (Phi) is 3.29. The van der Waals surface area contributed by atoms with Crippen LogP contribution >= 0.6 is 11.9 Å². The number of aromatic nitrogens is 2. The molecule has 17 heavy (non-hydrogen) atoms. The van der Waals surface area contributed by atoms with Gasteiger partial charge in [-0.3, -0.25) is 14.2 Å². The molecule has 0 bridgehead atoms. The summed E-state index contributed by atoms with van der Waals surface area (Å²) in [6, 6.07) is 6.83. The predicted octanol–water partition coefficient (Wildman–Crippen LogP) is 0.879. The third-order valence-electron chi connectivity index (χ3n) is 2.10. The van der Waals surface area contributed by atoms with Crippen molar-refractivity contribution in [3.8, 4) is 0 Å². The maximum atomic E-state index is 11.5. The van der Waals surface area contributed by atoms with Gasteiger partial charge in [0.05, 0.1) is 11.7 Å². The SMILES string of the molecule is NC(=O)NSC(=O)Cn1ncc2ccccc21. The lowest BCUT2D eigenvalue weighted by atomic mass is 10.3. The standard InChI is InChI=1S/C10H10N4O2S/c11-10(16)13-17-9(15)6-14-8-4-2-1-3-7(8)5-12-14/h1-5H,6H2,(H3,11,13,16). The van der Waals surface area contributed by atoms with Gasteiger partial charge in [-0.1, -0.05) is 18.2 Å². The topological polar surface area (TPSA) is 90.0 Å². The molecule has 0 saturated heterocycles.